The maximum absolute atomic E-state index is 12.3. The third-order valence-electron chi connectivity index (χ3n) is 4.14. The second-order valence-corrected chi connectivity index (χ2v) is 7.00. The molecule has 1 fully saturated rings. The Morgan fingerprint density at radius 1 is 1.41 bits per heavy atom. The lowest BCUT2D eigenvalue weighted by molar-refractivity contribution is -0.129. The Balaban J connectivity index is 1.59. The van der Waals surface area contributed by atoms with Gasteiger partial charge in [-0.25, -0.2) is 0 Å². The number of nitrogens with zero attached hydrogens (tertiary/aromatic N) is 1. The minimum Gasteiger partial charge on any atom is -0.352 e. The molecule has 1 aliphatic heterocycles. The fourth-order valence-corrected chi connectivity index (χ4v) is 3.64. The van der Waals surface area contributed by atoms with Gasteiger partial charge in [0.2, 0.25) is 11.8 Å². The van der Waals surface area contributed by atoms with E-state index < -0.39 is 0 Å². The SMILES string of the molecule is CC(C)N1C[C@@H](C(=O)NCc2ccc3sccc3c2)CC1=O. The standard InChI is InChI=1S/C17H20N2O2S/c1-11(2)19-10-14(8-16(19)20)17(21)18-9-12-3-4-15-13(7-12)5-6-22-15/h3-7,11,14H,8-10H2,1-2H3,(H,18,21)/t14-/m0/s1. The molecular weight excluding hydrogens is 296 g/mol. The number of hydrogen-bond donors (Lipinski definition) is 1. The van der Waals surface area contributed by atoms with Crippen LogP contribution in [0.2, 0.25) is 0 Å². The maximum Gasteiger partial charge on any atom is 0.225 e. The number of carbonyl (C=O) groups is 2. The van der Waals surface area contributed by atoms with Crippen LogP contribution in [-0.2, 0) is 16.1 Å². The molecule has 0 bridgehead atoms. The van der Waals surface area contributed by atoms with E-state index in [1.165, 1.54) is 10.1 Å². The quantitative estimate of drug-likeness (QED) is 0.943. The molecule has 4 nitrogen and oxygen atoms in total. The first-order chi connectivity index (χ1) is 10.5. The van der Waals surface area contributed by atoms with Gasteiger partial charge >= 0.3 is 0 Å². The normalized spacial score (nSPS) is 18.4. The molecule has 0 unspecified atom stereocenters. The topological polar surface area (TPSA) is 49.4 Å². The van der Waals surface area contributed by atoms with Gasteiger partial charge in [0.1, 0.15) is 0 Å². The lowest BCUT2D eigenvalue weighted by atomic mass is 10.1. The Morgan fingerprint density at radius 3 is 2.95 bits per heavy atom. The van der Waals surface area contributed by atoms with Crippen LogP contribution in [-0.4, -0.2) is 29.3 Å². The van der Waals surface area contributed by atoms with Crippen molar-refractivity contribution in [2.24, 2.45) is 5.92 Å². The summed E-state index contributed by atoms with van der Waals surface area (Å²) in [5, 5.41) is 6.24. The monoisotopic (exact) mass is 316 g/mol. The van der Waals surface area contributed by atoms with Gasteiger partial charge in [0.15, 0.2) is 0 Å². The highest BCUT2D eigenvalue weighted by atomic mass is 32.1. The summed E-state index contributed by atoms with van der Waals surface area (Å²) in [6, 6.07) is 8.47. The number of fused-ring (bicyclic) bond motifs is 1. The molecule has 0 spiro atoms. The molecule has 1 aromatic carbocycles. The summed E-state index contributed by atoms with van der Waals surface area (Å²) >= 11 is 1.71. The molecule has 1 aromatic heterocycles. The Morgan fingerprint density at radius 2 is 2.23 bits per heavy atom. The van der Waals surface area contributed by atoms with Gasteiger partial charge in [0.05, 0.1) is 5.92 Å². The predicted molar refractivity (Wildman–Crippen MR) is 88.6 cm³/mol. The second kappa shape index (κ2) is 6.08. The van der Waals surface area contributed by atoms with Crippen molar-refractivity contribution in [1.29, 1.82) is 0 Å². The van der Waals surface area contributed by atoms with Crippen molar-refractivity contribution >= 4 is 33.2 Å². The fraction of sp³-hybridized carbons (Fsp3) is 0.412. The van der Waals surface area contributed by atoms with Crippen LogP contribution in [0.4, 0.5) is 0 Å². The molecule has 1 atom stereocenters. The van der Waals surface area contributed by atoms with Gasteiger partial charge in [-0.1, -0.05) is 6.07 Å². The van der Waals surface area contributed by atoms with E-state index in [0.717, 1.165) is 5.56 Å². The van der Waals surface area contributed by atoms with Crippen LogP contribution < -0.4 is 5.32 Å². The van der Waals surface area contributed by atoms with Gasteiger partial charge in [0.25, 0.3) is 0 Å². The molecule has 2 amide bonds. The van der Waals surface area contributed by atoms with Crippen molar-refractivity contribution in [2.45, 2.75) is 32.9 Å². The van der Waals surface area contributed by atoms with Crippen LogP contribution in [0.25, 0.3) is 10.1 Å². The Bertz CT molecular complexity index is 708. The zero-order chi connectivity index (χ0) is 15.7. The van der Waals surface area contributed by atoms with E-state index in [9.17, 15) is 9.59 Å². The summed E-state index contributed by atoms with van der Waals surface area (Å²) in [6.45, 7) is 5.01. The van der Waals surface area contributed by atoms with Crippen LogP contribution in [0.15, 0.2) is 29.6 Å². The van der Waals surface area contributed by atoms with Crippen molar-refractivity contribution in [3.05, 3.63) is 35.2 Å². The van der Waals surface area contributed by atoms with E-state index in [4.69, 9.17) is 0 Å². The number of likely N-dealkylation sites (tertiary alicyclic amines) is 1. The van der Waals surface area contributed by atoms with Crippen molar-refractivity contribution in [1.82, 2.24) is 10.2 Å². The number of carbonyl (C=O) groups excluding carboxylic acids is 2. The van der Waals surface area contributed by atoms with E-state index >= 15 is 0 Å². The van der Waals surface area contributed by atoms with Crippen LogP contribution in [0.5, 0.6) is 0 Å². The van der Waals surface area contributed by atoms with E-state index in [1.54, 1.807) is 16.2 Å². The van der Waals surface area contributed by atoms with Gasteiger partial charge < -0.3 is 10.2 Å². The number of rotatable bonds is 4. The van der Waals surface area contributed by atoms with Gasteiger partial charge in [-0.3, -0.25) is 9.59 Å². The molecule has 0 saturated carbocycles. The molecule has 0 radical (unpaired) electrons. The highest BCUT2D eigenvalue weighted by molar-refractivity contribution is 7.17. The molecule has 1 N–H and O–H groups in total. The van der Waals surface area contributed by atoms with Crippen LogP contribution in [0.3, 0.4) is 0 Å². The second-order valence-electron chi connectivity index (χ2n) is 6.05. The highest BCUT2D eigenvalue weighted by Crippen LogP contribution is 2.22. The van der Waals surface area contributed by atoms with Gasteiger partial charge in [-0.15, -0.1) is 11.3 Å². The summed E-state index contributed by atoms with van der Waals surface area (Å²) < 4.78 is 1.25. The Kier molecular flexibility index (Phi) is 4.16. The molecular formula is C17H20N2O2S. The Hall–Kier alpha value is -1.88. The van der Waals surface area contributed by atoms with Crippen LogP contribution in [0, 0.1) is 5.92 Å². The van der Waals surface area contributed by atoms with E-state index in [2.05, 4.69) is 28.9 Å². The molecule has 22 heavy (non-hydrogen) atoms. The highest BCUT2D eigenvalue weighted by Gasteiger charge is 2.35. The summed E-state index contributed by atoms with van der Waals surface area (Å²) in [4.78, 5) is 25.9. The van der Waals surface area contributed by atoms with Crippen LogP contribution >= 0.6 is 11.3 Å². The largest absolute Gasteiger partial charge is 0.352 e. The zero-order valence-electron chi connectivity index (χ0n) is 12.8. The first-order valence-electron chi connectivity index (χ1n) is 7.58. The summed E-state index contributed by atoms with van der Waals surface area (Å²) in [5.74, 6) is -0.170. The van der Waals surface area contributed by atoms with Crippen LogP contribution in [0.1, 0.15) is 25.8 Å². The number of nitrogens with one attached hydrogen (secondary N) is 1. The molecule has 3 rings (SSSR count). The summed E-state index contributed by atoms with van der Waals surface area (Å²) in [5.41, 5.74) is 1.09. The summed E-state index contributed by atoms with van der Waals surface area (Å²) in [6.07, 6.45) is 0.327. The average Bonchev–Trinajstić information content (AvgIpc) is 3.10. The molecule has 2 heterocycles. The van der Waals surface area contributed by atoms with Crippen molar-refractivity contribution in [3.63, 3.8) is 0 Å². The van der Waals surface area contributed by atoms with Gasteiger partial charge in [-0.2, -0.15) is 0 Å². The Labute approximate surface area is 134 Å². The van der Waals surface area contributed by atoms with E-state index in [-0.39, 0.29) is 23.8 Å². The minimum atomic E-state index is -0.222. The first kappa shape index (κ1) is 15.0. The predicted octanol–water partition coefficient (Wildman–Crippen LogP) is 2.77. The summed E-state index contributed by atoms with van der Waals surface area (Å²) in [7, 11) is 0. The molecule has 0 aliphatic carbocycles. The van der Waals surface area contributed by atoms with Crippen molar-refractivity contribution in [3.8, 4) is 0 Å². The molecule has 2 aromatic rings. The zero-order valence-corrected chi connectivity index (χ0v) is 13.7. The third kappa shape index (κ3) is 2.99. The average molecular weight is 316 g/mol. The number of amides is 2. The van der Waals surface area contributed by atoms with Gasteiger partial charge in [-0.05, 0) is 48.4 Å². The molecule has 1 saturated heterocycles. The number of benzene rings is 1. The molecule has 116 valence electrons. The third-order valence-corrected chi connectivity index (χ3v) is 5.03. The first-order valence-corrected chi connectivity index (χ1v) is 8.46. The van der Waals surface area contributed by atoms with Gasteiger partial charge in [0, 0.05) is 30.3 Å². The lowest BCUT2D eigenvalue weighted by Gasteiger charge is -2.20. The van der Waals surface area contributed by atoms with Crippen molar-refractivity contribution < 1.29 is 9.59 Å². The minimum absolute atomic E-state index is 0.0260. The van der Waals surface area contributed by atoms with Crippen molar-refractivity contribution in [2.75, 3.05) is 6.54 Å². The maximum atomic E-state index is 12.3. The molecule has 1 aliphatic rings. The fourth-order valence-electron chi connectivity index (χ4n) is 2.87. The van der Waals surface area contributed by atoms with E-state index in [1.807, 2.05) is 19.9 Å². The van der Waals surface area contributed by atoms with E-state index in [0.29, 0.717) is 19.5 Å². The number of hydrogen-bond acceptors (Lipinski definition) is 3. The lowest BCUT2D eigenvalue weighted by Crippen LogP contribution is -2.35. The molecule has 5 heteroatoms. The number of thiophene rings is 1. The smallest absolute Gasteiger partial charge is 0.225 e.